The molecule has 31 heavy (non-hydrogen) atoms. The number of carbonyl (C=O) groups is 1. The topological polar surface area (TPSA) is 60.0 Å². The summed E-state index contributed by atoms with van der Waals surface area (Å²) in [4.78, 5) is 14.8. The zero-order valence-electron chi connectivity index (χ0n) is 19.9. The van der Waals surface area contributed by atoms with Gasteiger partial charge >= 0.3 is 6.09 Å². The summed E-state index contributed by atoms with van der Waals surface area (Å²) in [6.07, 6.45) is 5.86. The van der Waals surface area contributed by atoms with Crippen LogP contribution in [0.15, 0.2) is 24.3 Å². The molecule has 1 unspecified atom stereocenters. The summed E-state index contributed by atoms with van der Waals surface area (Å²) in [6, 6.07) is 7.49. The van der Waals surface area contributed by atoms with Gasteiger partial charge in [0.1, 0.15) is 11.9 Å². The standard InChI is InChI=1S/C24H42N2O4.ClH/c1-5-9-11-14-18-29-23-16-13-12-15-22(23)25-24(27)30-21(19-26(7-3)8-4)20-28-17-10-6-2;/h12-13,15-16,21H,5-11,14,17-20H2,1-4H3,(H,25,27);1H. The van der Waals surface area contributed by atoms with Crippen molar-refractivity contribution in [1.29, 1.82) is 0 Å². The molecule has 0 aliphatic heterocycles. The second-order valence-corrected chi connectivity index (χ2v) is 7.47. The number of hydrogen-bond donors (Lipinski definition) is 1. The monoisotopic (exact) mass is 458 g/mol. The Bertz CT molecular complexity index is 570. The minimum absolute atomic E-state index is 0. The molecule has 7 heteroatoms. The fraction of sp³-hybridized carbons (Fsp3) is 0.708. The molecule has 0 saturated carbocycles. The van der Waals surface area contributed by atoms with E-state index in [0.717, 1.165) is 38.8 Å². The van der Waals surface area contributed by atoms with Crippen molar-refractivity contribution in [1.82, 2.24) is 4.90 Å². The highest BCUT2D eigenvalue weighted by Crippen LogP contribution is 2.24. The van der Waals surface area contributed by atoms with Gasteiger partial charge in [-0.3, -0.25) is 5.32 Å². The summed E-state index contributed by atoms with van der Waals surface area (Å²) in [5.41, 5.74) is 0.631. The molecule has 1 N–H and O–H groups in total. The predicted octanol–water partition coefficient (Wildman–Crippen LogP) is 6.14. The Balaban J connectivity index is 0.00000900. The van der Waals surface area contributed by atoms with Crippen molar-refractivity contribution in [3.8, 4) is 5.75 Å². The summed E-state index contributed by atoms with van der Waals surface area (Å²) >= 11 is 0. The first-order valence-electron chi connectivity index (χ1n) is 11.6. The van der Waals surface area contributed by atoms with Crippen LogP contribution >= 0.6 is 12.4 Å². The van der Waals surface area contributed by atoms with Gasteiger partial charge in [-0.25, -0.2) is 4.79 Å². The third kappa shape index (κ3) is 13.5. The smallest absolute Gasteiger partial charge is 0.412 e. The van der Waals surface area contributed by atoms with E-state index in [9.17, 15) is 4.79 Å². The lowest BCUT2D eigenvalue weighted by Gasteiger charge is -2.25. The minimum atomic E-state index is -0.478. The van der Waals surface area contributed by atoms with Gasteiger partial charge in [-0.15, -0.1) is 12.4 Å². The van der Waals surface area contributed by atoms with Crippen molar-refractivity contribution < 1.29 is 19.0 Å². The van der Waals surface area contributed by atoms with Gasteiger partial charge in [-0.1, -0.05) is 65.5 Å². The lowest BCUT2D eigenvalue weighted by atomic mass is 10.2. The molecule has 1 aromatic carbocycles. The number of anilines is 1. The molecule has 0 heterocycles. The molecule has 1 amide bonds. The Morgan fingerprint density at radius 1 is 0.968 bits per heavy atom. The average Bonchev–Trinajstić information content (AvgIpc) is 2.75. The van der Waals surface area contributed by atoms with E-state index in [1.165, 1.54) is 12.8 Å². The number of halogens is 1. The van der Waals surface area contributed by atoms with Crippen molar-refractivity contribution in [2.24, 2.45) is 0 Å². The fourth-order valence-electron chi connectivity index (χ4n) is 3.05. The van der Waals surface area contributed by atoms with Gasteiger partial charge in [0.2, 0.25) is 0 Å². The molecule has 1 atom stereocenters. The van der Waals surface area contributed by atoms with E-state index in [1.807, 2.05) is 24.3 Å². The van der Waals surface area contributed by atoms with Crippen LogP contribution in [0.2, 0.25) is 0 Å². The maximum Gasteiger partial charge on any atom is 0.412 e. The van der Waals surface area contributed by atoms with Gasteiger partial charge in [0.25, 0.3) is 0 Å². The molecule has 0 aliphatic rings. The number of nitrogens with one attached hydrogen (secondary N) is 1. The normalized spacial score (nSPS) is 11.6. The molecule has 1 aromatic rings. The van der Waals surface area contributed by atoms with E-state index < -0.39 is 6.09 Å². The zero-order valence-corrected chi connectivity index (χ0v) is 20.7. The Hall–Kier alpha value is -1.50. The molecule has 6 nitrogen and oxygen atoms in total. The number of likely N-dealkylation sites (N-methyl/N-ethyl adjacent to an activating group) is 1. The van der Waals surface area contributed by atoms with E-state index in [1.54, 1.807) is 0 Å². The first-order valence-corrected chi connectivity index (χ1v) is 11.6. The molecular weight excluding hydrogens is 416 g/mol. The van der Waals surface area contributed by atoms with Gasteiger partial charge < -0.3 is 19.1 Å². The van der Waals surface area contributed by atoms with Crippen molar-refractivity contribution in [2.45, 2.75) is 72.3 Å². The number of ether oxygens (including phenoxy) is 3. The van der Waals surface area contributed by atoms with Crippen LogP contribution in [0.3, 0.4) is 0 Å². The Labute approximate surface area is 195 Å². The Kier molecular flexibility index (Phi) is 18.3. The SMILES string of the molecule is CCCCCCOc1ccccc1NC(=O)OC(COCCCC)CN(CC)CC.Cl. The van der Waals surface area contributed by atoms with Gasteiger partial charge in [0, 0.05) is 13.2 Å². The summed E-state index contributed by atoms with van der Waals surface area (Å²) in [5.74, 6) is 0.672. The molecule has 1 rings (SSSR count). The molecule has 0 radical (unpaired) electrons. The molecule has 0 saturated heterocycles. The first-order chi connectivity index (χ1) is 14.6. The van der Waals surface area contributed by atoms with Crippen molar-refractivity contribution in [3.05, 3.63) is 24.3 Å². The third-order valence-corrected chi connectivity index (χ3v) is 4.96. The number of rotatable bonds is 17. The maximum atomic E-state index is 12.6. The number of unbranched alkanes of at least 4 members (excludes halogenated alkanes) is 4. The lowest BCUT2D eigenvalue weighted by molar-refractivity contribution is 0.00804. The third-order valence-electron chi connectivity index (χ3n) is 4.96. The van der Waals surface area contributed by atoms with E-state index in [4.69, 9.17) is 14.2 Å². The zero-order chi connectivity index (χ0) is 22.0. The fourth-order valence-corrected chi connectivity index (χ4v) is 3.05. The highest BCUT2D eigenvalue weighted by Gasteiger charge is 2.18. The van der Waals surface area contributed by atoms with Gasteiger partial charge in [0.05, 0.1) is 18.9 Å². The number of hydrogen-bond acceptors (Lipinski definition) is 5. The molecular formula is C24H43ClN2O4. The van der Waals surface area contributed by atoms with Gasteiger partial charge in [-0.2, -0.15) is 0 Å². The summed E-state index contributed by atoms with van der Waals surface area (Å²) in [7, 11) is 0. The second-order valence-electron chi connectivity index (χ2n) is 7.47. The molecule has 0 bridgehead atoms. The van der Waals surface area contributed by atoms with Crippen LogP contribution in [0, 0.1) is 0 Å². The van der Waals surface area contributed by atoms with Crippen LogP contribution in [0.5, 0.6) is 5.75 Å². The van der Waals surface area contributed by atoms with E-state index in [-0.39, 0.29) is 18.5 Å². The predicted molar refractivity (Wildman–Crippen MR) is 131 cm³/mol. The van der Waals surface area contributed by atoms with Crippen LogP contribution in [0.1, 0.15) is 66.2 Å². The van der Waals surface area contributed by atoms with Gasteiger partial charge in [0.15, 0.2) is 0 Å². The number of benzene rings is 1. The highest BCUT2D eigenvalue weighted by molar-refractivity contribution is 5.86. The molecule has 0 aliphatic carbocycles. The number of carbonyl (C=O) groups excluding carboxylic acids is 1. The maximum absolute atomic E-state index is 12.6. The largest absolute Gasteiger partial charge is 0.491 e. The molecule has 0 spiro atoms. The van der Waals surface area contributed by atoms with Crippen LogP contribution in [-0.2, 0) is 9.47 Å². The van der Waals surface area contributed by atoms with E-state index >= 15 is 0 Å². The van der Waals surface area contributed by atoms with Crippen LogP contribution in [0.25, 0.3) is 0 Å². The number of amides is 1. The average molecular weight is 459 g/mol. The lowest BCUT2D eigenvalue weighted by Crippen LogP contribution is -2.38. The van der Waals surface area contributed by atoms with Crippen molar-refractivity contribution >= 4 is 24.2 Å². The highest BCUT2D eigenvalue weighted by atomic mass is 35.5. The number of para-hydroxylation sites is 2. The van der Waals surface area contributed by atoms with Gasteiger partial charge in [-0.05, 0) is 38.1 Å². The van der Waals surface area contributed by atoms with Crippen LogP contribution in [0.4, 0.5) is 10.5 Å². The van der Waals surface area contributed by atoms with Crippen molar-refractivity contribution in [3.63, 3.8) is 0 Å². The van der Waals surface area contributed by atoms with Crippen molar-refractivity contribution in [2.75, 3.05) is 44.8 Å². The molecule has 0 aromatic heterocycles. The van der Waals surface area contributed by atoms with Crippen LogP contribution < -0.4 is 10.1 Å². The van der Waals surface area contributed by atoms with E-state index in [0.29, 0.717) is 37.8 Å². The first kappa shape index (κ1) is 29.5. The Morgan fingerprint density at radius 3 is 2.35 bits per heavy atom. The minimum Gasteiger partial charge on any atom is -0.491 e. The van der Waals surface area contributed by atoms with Crippen LogP contribution in [-0.4, -0.2) is 56.6 Å². The summed E-state index contributed by atoms with van der Waals surface area (Å²) in [5, 5.41) is 2.84. The molecule has 180 valence electrons. The molecule has 0 fully saturated rings. The quantitative estimate of drug-likeness (QED) is 0.284. The Morgan fingerprint density at radius 2 is 1.68 bits per heavy atom. The number of nitrogens with zero attached hydrogens (tertiary/aromatic N) is 1. The second kappa shape index (κ2) is 19.2. The van der Waals surface area contributed by atoms with E-state index in [2.05, 4.69) is 37.9 Å². The summed E-state index contributed by atoms with van der Waals surface area (Å²) in [6.45, 7) is 12.7. The summed E-state index contributed by atoms with van der Waals surface area (Å²) < 4.78 is 17.3.